The lowest BCUT2D eigenvalue weighted by atomic mass is 10.9. The summed E-state index contributed by atoms with van der Waals surface area (Å²) in [5.74, 6) is 0.250. The molecule has 5 heteroatoms. The number of carbonyl (C=O) groups excluding carboxylic acids is 1. The Kier molecular flexibility index (Phi) is 2.02. The highest BCUT2D eigenvalue weighted by molar-refractivity contribution is 7.07. The minimum absolute atomic E-state index is 0.250. The number of ether oxygens (including phenoxy) is 1. The molecule has 0 aliphatic carbocycles. The van der Waals surface area contributed by atoms with E-state index in [4.69, 9.17) is 11.6 Å². The van der Waals surface area contributed by atoms with Crippen LogP contribution in [0.3, 0.4) is 0 Å². The number of hydrogen-bond acceptors (Lipinski definition) is 4. The van der Waals surface area contributed by atoms with Crippen LogP contribution in [0.4, 0.5) is 4.79 Å². The van der Waals surface area contributed by atoms with Gasteiger partial charge in [0.2, 0.25) is 5.88 Å². The van der Waals surface area contributed by atoms with E-state index in [-0.39, 0.29) is 5.88 Å². The molecule has 0 spiro atoms. The fourth-order valence-corrected chi connectivity index (χ4v) is 0.864. The summed E-state index contributed by atoms with van der Waals surface area (Å²) in [6.07, 6.45) is 0. The topological polar surface area (TPSA) is 39.2 Å². The standard InChI is InChI=1S/C4H2ClNO2S/c5-4(7)8-3-1-9-2-6-3/h1-2H. The highest BCUT2D eigenvalue weighted by Crippen LogP contribution is 2.10. The number of rotatable bonds is 1. The molecule has 48 valence electrons. The molecule has 9 heavy (non-hydrogen) atoms. The average molecular weight is 164 g/mol. The van der Waals surface area contributed by atoms with Gasteiger partial charge in [0.05, 0.1) is 10.9 Å². The Morgan fingerprint density at radius 2 is 2.67 bits per heavy atom. The van der Waals surface area contributed by atoms with Crippen molar-refractivity contribution in [2.24, 2.45) is 0 Å². The van der Waals surface area contributed by atoms with Gasteiger partial charge in [-0.1, -0.05) is 0 Å². The number of carbonyl (C=O) groups is 1. The lowest BCUT2D eigenvalue weighted by Gasteiger charge is -1.88. The molecular weight excluding hydrogens is 162 g/mol. The van der Waals surface area contributed by atoms with E-state index in [0.29, 0.717) is 0 Å². The summed E-state index contributed by atoms with van der Waals surface area (Å²) in [5, 5.41) is 1.58. The van der Waals surface area contributed by atoms with Gasteiger partial charge in [-0.3, -0.25) is 0 Å². The second-order valence-corrected chi connectivity index (χ2v) is 2.19. The number of nitrogens with zero attached hydrogens (tertiary/aromatic N) is 1. The zero-order chi connectivity index (χ0) is 6.69. The third-order valence-electron chi connectivity index (χ3n) is 0.594. The summed E-state index contributed by atoms with van der Waals surface area (Å²) in [5.41, 5.74) is 0.690. The second-order valence-electron chi connectivity index (χ2n) is 1.17. The van der Waals surface area contributed by atoms with Gasteiger partial charge in [0.1, 0.15) is 0 Å². The first-order chi connectivity index (χ1) is 4.29. The monoisotopic (exact) mass is 163 g/mol. The molecule has 1 rings (SSSR count). The number of thiazole rings is 1. The van der Waals surface area contributed by atoms with Gasteiger partial charge in [0.15, 0.2) is 0 Å². The van der Waals surface area contributed by atoms with Crippen LogP contribution in [0.2, 0.25) is 0 Å². The normalized spacial score (nSPS) is 9.00. The van der Waals surface area contributed by atoms with Gasteiger partial charge < -0.3 is 4.74 Å². The van der Waals surface area contributed by atoms with Gasteiger partial charge in [0, 0.05) is 11.6 Å². The maximum absolute atomic E-state index is 10.0. The molecule has 0 radical (unpaired) electrons. The van der Waals surface area contributed by atoms with Crippen LogP contribution in [0.1, 0.15) is 0 Å². The Morgan fingerprint density at radius 1 is 1.89 bits per heavy atom. The van der Waals surface area contributed by atoms with Crippen LogP contribution in [0.5, 0.6) is 5.88 Å². The first-order valence-electron chi connectivity index (χ1n) is 2.04. The number of halogens is 1. The molecule has 0 amide bonds. The summed E-state index contributed by atoms with van der Waals surface area (Å²) >= 11 is 6.21. The molecule has 1 heterocycles. The van der Waals surface area contributed by atoms with E-state index >= 15 is 0 Å². The summed E-state index contributed by atoms with van der Waals surface area (Å²) in [7, 11) is 0. The lowest BCUT2D eigenvalue weighted by Crippen LogP contribution is -1.95. The summed E-state index contributed by atoms with van der Waals surface area (Å²) in [6.45, 7) is 0. The highest BCUT2D eigenvalue weighted by atomic mass is 35.5. The Morgan fingerprint density at radius 3 is 3.11 bits per heavy atom. The van der Waals surface area contributed by atoms with Crippen LogP contribution >= 0.6 is 22.9 Å². The van der Waals surface area contributed by atoms with Crippen molar-refractivity contribution in [2.45, 2.75) is 0 Å². The smallest absolute Gasteiger partial charge is 0.395 e. The van der Waals surface area contributed by atoms with Crippen LogP contribution in [-0.4, -0.2) is 10.4 Å². The quantitative estimate of drug-likeness (QED) is 0.594. The molecular formula is C4H2ClNO2S. The Labute approximate surface area is 60.2 Å². The van der Waals surface area contributed by atoms with E-state index in [0.717, 1.165) is 0 Å². The summed E-state index contributed by atoms with van der Waals surface area (Å²) in [4.78, 5) is 13.7. The van der Waals surface area contributed by atoms with E-state index in [1.807, 2.05) is 0 Å². The second kappa shape index (κ2) is 2.80. The van der Waals surface area contributed by atoms with E-state index in [1.54, 1.807) is 10.9 Å². The largest absolute Gasteiger partial charge is 0.410 e. The van der Waals surface area contributed by atoms with E-state index < -0.39 is 5.43 Å². The molecule has 0 saturated carbocycles. The van der Waals surface area contributed by atoms with Crippen LogP contribution in [-0.2, 0) is 0 Å². The lowest BCUT2D eigenvalue weighted by molar-refractivity contribution is 0.224. The van der Waals surface area contributed by atoms with Crippen molar-refractivity contribution in [1.82, 2.24) is 4.98 Å². The molecule has 1 aromatic rings. The Hall–Kier alpha value is -0.610. The molecule has 0 aliphatic rings. The van der Waals surface area contributed by atoms with Gasteiger partial charge in [-0.05, 0) is 0 Å². The molecule has 0 aliphatic heterocycles. The van der Waals surface area contributed by atoms with Gasteiger partial charge >= 0.3 is 5.43 Å². The van der Waals surface area contributed by atoms with Crippen molar-refractivity contribution >= 4 is 28.4 Å². The fourth-order valence-electron chi connectivity index (χ4n) is 0.334. The highest BCUT2D eigenvalue weighted by Gasteiger charge is 1.98. The van der Waals surface area contributed by atoms with Crippen LogP contribution in [0.25, 0.3) is 0 Å². The van der Waals surface area contributed by atoms with Crippen molar-refractivity contribution in [3.63, 3.8) is 0 Å². The first-order valence-corrected chi connectivity index (χ1v) is 3.36. The van der Waals surface area contributed by atoms with Crippen molar-refractivity contribution in [3.05, 3.63) is 10.9 Å². The molecule has 0 fully saturated rings. The molecule has 0 N–H and O–H groups in total. The Balaban J connectivity index is 2.58. The van der Waals surface area contributed by atoms with Crippen molar-refractivity contribution < 1.29 is 9.53 Å². The van der Waals surface area contributed by atoms with Crippen LogP contribution in [0, 0.1) is 0 Å². The van der Waals surface area contributed by atoms with Gasteiger partial charge in [-0.25, -0.2) is 9.78 Å². The predicted octanol–water partition coefficient (Wildman–Crippen LogP) is 1.88. The summed E-state index contributed by atoms with van der Waals surface area (Å²) in [6, 6.07) is 0. The zero-order valence-corrected chi connectivity index (χ0v) is 5.78. The maximum Gasteiger partial charge on any atom is 0.410 e. The first kappa shape index (κ1) is 6.51. The predicted molar refractivity (Wildman–Crippen MR) is 34.0 cm³/mol. The zero-order valence-electron chi connectivity index (χ0n) is 4.20. The molecule has 0 aromatic carbocycles. The van der Waals surface area contributed by atoms with Crippen LogP contribution in [0.15, 0.2) is 10.9 Å². The number of aromatic nitrogens is 1. The van der Waals surface area contributed by atoms with E-state index in [2.05, 4.69) is 9.72 Å². The van der Waals surface area contributed by atoms with Gasteiger partial charge in [-0.2, -0.15) is 0 Å². The van der Waals surface area contributed by atoms with Crippen molar-refractivity contribution in [2.75, 3.05) is 0 Å². The van der Waals surface area contributed by atoms with Crippen molar-refractivity contribution in [3.8, 4) is 5.88 Å². The third-order valence-corrected chi connectivity index (χ3v) is 1.24. The van der Waals surface area contributed by atoms with Gasteiger partial charge in [-0.15, -0.1) is 11.3 Å². The minimum Gasteiger partial charge on any atom is -0.395 e. The minimum atomic E-state index is -0.860. The molecule has 1 aromatic heterocycles. The fraction of sp³-hybridized carbons (Fsp3) is 0. The molecule has 3 nitrogen and oxygen atoms in total. The SMILES string of the molecule is O=C(Cl)Oc1cscn1. The molecule has 0 atom stereocenters. The van der Waals surface area contributed by atoms with Crippen LogP contribution < -0.4 is 4.74 Å². The van der Waals surface area contributed by atoms with Crippen molar-refractivity contribution in [1.29, 1.82) is 0 Å². The van der Waals surface area contributed by atoms with E-state index in [1.165, 1.54) is 11.3 Å². The number of hydrogen-bond donors (Lipinski definition) is 0. The third kappa shape index (κ3) is 1.99. The summed E-state index contributed by atoms with van der Waals surface area (Å²) < 4.78 is 4.38. The van der Waals surface area contributed by atoms with E-state index in [9.17, 15) is 4.79 Å². The molecule has 0 unspecified atom stereocenters. The molecule has 0 bridgehead atoms. The van der Waals surface area contributed by atoms with Gasteiger partial charge in [0.25, 0.3) is 0 Å². The molecule has 0 saturated heterocycles. The maximum atomic E-state index is 10.0. The Bertz CT molecular complexity index is 198. The average Bonchev–Trinajstić information content (AvgIpc) is 2.15.